The molecule has 0 saturated carbocycles. The van der Waals surface area contributed by atoms with Crippen molar-refractivity contribution in [2.24, 2.45) is 5.41 Å². The van der Waals surface area contributed by atoms with Crippen molar-refractivity contribution in [3.05, 3.63) is 117 Å². The summed E-state index contributed by atoms with van der Waals surface area (Å²) in [5.74, 6) is -1.46. The number of allylic oxidation sites excluding steroid dienone is 1. The third-order valence-corrected chi connectivity index (χ3v) is 16.2. The maximum absolute atomic E-state index is 14.1. The van der Waals surface area contributed by atoms with Gasteiger partial charge in [-0.1, -0.05) is 37.1 Å². The lowest BCUT2D eigenvalue weighted by Gasteiger charge is -2.39. The summed E-state index contributed by atoms with van der Waals surface area (Å²) < 4.78 is 106. The number of morpholine rings is 1. The number of nitrogens with one attached hydrogen (secondary N) is 2. The van der Waals surface area contributed by atoms with Crippen LogP contribution < -0.4 is 15.0 Å². The fourth-order valence-corrected chi connectivity index (χ4v) is 11.5. The van der Waals surface area contributed by atoms with Gasteiger partial charge in [0.25, 0.3) is 5.69 Å². The molecule has 5 aromatic rings. The first kappa shape index (κ1) is 50.8. The standard InChI is InChI=1S/C48H53ClF3N7O9S2/c1-47(2)13-10-32(40(26-47)38-7-4-33(23-41(38)49)48(50,51)52)28-56-16-18-57(19-17-56)34-5-8-39(45(24-34)68-36-22-31-11-14-54-46(31)55-27-36)44(60)30-70(65,66)37-6-9-42(43(25-37)59(61)62)53-15-12-35-29-58(20-21-67-35)69(3,63)64/h4-9,11,14,22-25,27,35,53H,10,12-13,15-21,26,28-30H2,1-3H3,(H,54,55)/t35-/m0/s1. The number of carbonyl (C=O) groups is 1. The molecule has 1 aliphatic carbocycles. The second kappa shape index (κ2) is 20.3. The molecule has 1 atom stereocenters. The molecule has 2 saturated heterocycles. The van der Waals surface area contributed by atoms with Crippen molar-refractivity contribution >= 4 is 70.9 Å². The van der Waals surface area contributed by atoms with Gasteiger partial charge in [0.1, 0.15) is 28.6 Å². The average molecular weight is 1030 g/mol. The molecule has 3 aromatic carbocycles. The highest BCUT2D eigenvalue weighted by atomic mass is 35.5. The molecule has 0 amide bonds. The molecule has 0 spiro atoms. The van der Waals surface area contributed by atoms with Crippen LogP contribution in [0.1, 0.15) is 61.0 Å². The Hall–Kier alpha value is -5.58. The van der Waals surface area contributed by atoms with Gasteiger partial charge in [-0.25, -0.2) is 21.8 Å². The van der Waals surface area contributed by atoms with Crippen molar-refractivity contribution < 1.29 is 49.2 Å². The highest BCUT2D eigenvalue weighted by Gasteiger charge is 2.34. The normalized spacial score (nSPS) is 18.6. The van der Waals surface area contributed by atoms with Crippen molar-refractivity contribution in [2.45, 2.75) is 56.7 Å². The third-order valence-electron chi connectivity index (χ3n) is 13.0. The summed E-state index contributed by atoms with van der Waals surface area (Å²) in [6.07, 6.45) is 2.04. The van der Waals surface area contributed by atoms with Crippen molar-refractivity contribution in [3.8, 4) is 11.5 Å². The minimum Gasteiger partial charge on any atom is -0.455 e. The van der Waals surface area contributed by atoms with E-state index < -0.39 is 64.7 Å². The number of alkyl halides is 3. The van der Waals surface area contributed by atoms with Crippen LogP contribution in [0.5, 0.6) is 11.5 Å². The number of nitrogens with zero attached hydrogens (tertiary/aromatic N) is 5. The van der Waals surface area contributed by atoms with E-state index in [1.165, 1.54) is 34.8 Å². The number of H-pyrrole nitrogens is 1. The van der Waals surface area contributed by atoms with E-state index in [2.05, 4.69) is 38.9 Å². The molecule has 0 radical (unpaired) electrons. The Morgan fingerprint density at radius 3 is 2.51 bits per heavy atom. The molecule has 8 rings (SSSR count). The van der Waals surface area contributed by atoms with E-state index in [1.807, 2.05) is 0 Å². The summed E-state index contributed by atoms with van der Waals surface area (Å²) in [5.41, 5.74) is 2.68. The quantitative estimate of drug-likeness (QED) is 0.0541. The van der Waals surface area contributed by atoms with Crippen LogP contribution in [0.15, 0.2) is 89.6 Å². The van der Waals surface area contributed by atoms with Gasteiger partial charge in [0.05, 0.1) is 46.1 Å². The number of carbonyl (C=O) groups excluding carboxylic acids is 1. The predicted molar refractivity (Wildman–Crippen MR) is 261 cm³/mol. The number of halogens is 4. The minimum atomic E-state index is -4.51. The van der Waals surface area contributed by atoms with E-state index >= 15 is 0 Å². The summed E-state index contributed by atoms with van der Waals surface area (Å²) in [5, 5.41) is 15.9. The number of rotatable bonds is 16. The largest absolute Gasteiger partial charge is 0.455 e. The molecule has 2 aliphatic heterocycles. The van der Waals surface area contributed by atoms with Gasteiger partial charge in [-0.2, -0.15) is 17.5 Å². The number of fused-ring (bicyclic) bond motifs is 1. The van der Waals surface area contributed by atoms with Gasteiger partial charge in [-0.15, -0.1) is 0 Å². The number of hydrogen-bond donors (Lipinski definition) is 2. The zero-order chi connectivity index (χ0) is 50.2. The molecule has 0 unspecified atom stereocenters. The van der Waals surface area contributed by atoms with E-state index in [0.29, 0.717) is 68.2 Å². The maximum Gasteiger partial charge on any atom is 0.416 e. The Morgan fingerprint density at radius 1 is 1.03 bits per heavy atom. The van der Waals surface area contributed by atoms with Crippen LogP contribution in [0.3, 0.4) is 0 Å². The number of anilines is 2. The van der Waals surface area contributed by atoms with Gasteiger partial charge in [0, 0.05) is 86.8 Å². The number of nitro benzene ring substituents is 1. The predicted octanol–water partition coefficient (Wildman–Crippen LogP) is 8.84. The number of hydrogen-bond acceptors (Lipinski definition) is 13. The lowest BCUT2D eigenvalue weighted by Crippen LogP contribution is -2.47. The maximum atomic E-state index is 14.1. The number of piperazine rings is 1. The second-order valence-electron chi connectivity index (χ2n) is 18.7. The summed E-state index contributed by atoms with van der Waals surface area (Å²) in [6, 6.07) is 15.3. The number of sulfonamides is 1. The van der Waals surface area contributed by atoms with Crippen LogP contribution in [0.4, 0.5) is 30.2 Å². The molecule has 16 nitrogen and oxygen atoms in total. The Bertz CT molecular complexity index is 3070. The first-order chi connectivity index (χ1) is 33.0. The average Bonchev–Trinajstić information content (AvgIpc) is 3.77. The lowest BCUT2D eigenvalue weighted by atomic mass is 9.72. The van der Waals surface area contributed by atoms with Crippen LogP contribution in [0.25, 0.3) is 16.6 Å². The monoisotopic (exact) mass is 1030 g/mol. The van der Waals surface area contributed by atoms with Gasteiger partial charge in [0.2, 0.25) is 10.0 Å². The number of ketones is 1. The molecule has 2 N–H and O–H groups in total. The molecule has 374 valence electrons. The summed E-state index contributed by atoms with van der Waals surface area (Å²) in [6.45, 7) is 8.08. The van der Waals surface area contributed by atoms with Gasteiger partial charge in [0.15, 0.2) is 15.6 Å². The van der Waals surface area contributed by atoms with Crippen molar-refractivity contribution in [2.75, 3.05) is 81.2 Å². The Kier molecular flexibility index (Phi) is 14.7. The highest BCUT2D eigenvalue weighted by molar-refractivity contribution is 7.92. The van der Waals surface area contributed by atoms with Gasteiger partial charge >= 0.3 is 6.18 Å². The number of benzene rings is 3. The zero-order valence-electron chi connectivity index (χ0n) is 38.7. The fraction of sp³-hybridized carbons (Fsp3) is 0.417. The number of Topliss-reactive ketones (excluding diaryl/α,β-unsaturated/α-hetero) is 1. The van der Waals surface area contributed by atoms with Crippen LogP contribution >= 0.6 is 11.6 Å². The molecule has 22 heteroatoms. The van der Waals surface area contributed by atoms with Gasteiger partial charge in [-0.05, 0) is 90.8 Å². The van der Waals surface area contributed by atoms with Crippen molar-refractivity contribution in [1.29, 1.82) is 0 Å². The first-order valence-electron chi connectivity index (χ1n) is 22.7. The topological polar surface area (TPSA) is 197 Å². The van der Waals surface area contributed by atoms with Gasteiger partial charge in [-0.3, -0.25) is 19.8 Å². The van der Waals surface area contributed by atoms with Crippen LogP contribution in [-0.4, -0.2) is 124 Å². The zero-order valence-corrected chi connectivity index (χ0v) is 41.1. The third kappa shape index (κ3) is 11.9. The molecular weight excluding hydrogens is 975 g/mol. The summed E-state index contributed by atoms with van der Waals surface area (Å²) >= 11 is 6.54. The number of pyridine rings is 1. The molecule has 4 heterocycles. The van der Waals surface area contributed by atoms with E-state index in [1.54, 1.807) is 30.5 Å². The number of aromatic amines is 1. The van der Waals surface area contributed by atoms with Crippen LogP contribution in [-0.2, 0) is 30.8 Å². The lowest BCUT2D eigenvalue weighted by molar-refractivity contribution is -0.384. The van der Waals surface area contributed by atoms with Crippen LogP contribution in [0.2, 0.25) is 5.02 Å². The van der Waals surface area contributed by atoms with Gasteiger partial charge < -0.3 is 24.7 Å². The summed E-state index contributed by atoms with van der Waals surface area (Å²) in [7, 11) is -7.87. The number of ether oxygens (including phenoxy) is 2. The number of nitro groups is 1. The van der Waals surface area contributed by atoms with E-state index in [-0.39, 0.29) is 53.7 Å². The molecule has 3 aliphatic rings. The molecule has 0 bridgehead atoms. The number of sulfone groups is 1. The second-order valence-corrected chi connectivity index (χ2v) is 23.1. The Morgan fingerprint density at radius 2 is 1.80 bits per heavy atom. The molecule has 70 heavy (non-hydrogen) atoms. The summed E-state index contributed by atoms with van der Waals surface area (Å²) in [4.78, 5) is 36.9. The van der Waals surface area contributed by atoms with Crippen molar-refractivity contribution in [1.82, 2.24) is 19.2 Å². The smallest absolute Gasteiger partial charge is 0.416 e. The SMILES string of the molecule is CC1(C)CCC(CN2CCN(c3ccc(C(=O)CS(=O)(=O)c4ccc(NCC[C@H]5CN(S(C)(=O)=O)CCO5)c([N+](=O)[O-])c4)c(Oc4cnc5[nH]ccc5c4)c3)CC2)=C(c2ccc(C(F)(F)F)cc2Cl)C1. The fourth-order valence-electron chi connectivity index (χ4n) is 9.16. The molecule has 2 aromatic heterocycles. The molecular formula is C48H53ClF3N7O9S2. The minimum absolute atomic E-state index is 0.0334. The van der Waals surface area contributed by atoms with E-state index in [0.717, 1.165) is 53.8 Å². The highest BCUT2D eigenvalue weighted by Crippen LogP contribution is 2.46. The first-order valence-corrected chi connectivity index (χ1v) is 26.6. The van der Waals surface area contributed by atoms with Crippen LogP contribution in [0, 0.1) is 15.5 Å². The van der Waals surface area contributed by atoms with E-state index in [9.17, 15) is 44.9 Å². The van der Waals surface area contributed by atoms with Crippen molar-refractivity contribution in [3.63, 3.8) is 0 Å². The number of aromatic nitrogens is 2. The Labute approximate surface area is 408 Å². The van der Waals surface area contributed by atoms with E-state index in [4.69, 9.17) is 21.1 Å². The Balaban J connectivity index is 0.982. The molecule has 2 fully saturated rings.